The predicted octanol–water partition coefficient (Wildman–Crippen LogP) is 4.34. The zero-order valence-electron chi connectivity index (χ0n) is 11.2. The van der Waals surface area contributed by atoms with Gasteiger partial charge in [0.05, 0.1) is 4.90 Å². The first kappa shape index (κ1) is 14.7. The largest absolute Gasteiger partial charge is 0.426 e. The highest BCUT2D eigenvalue weighted by Gasteiger charge is 2.10. The van der Waals surface area contributed by atoms with Crippen LogP contribution in [0, 0.1) is 5.82 Å². The summed E-state index contributed by atoms with van der Waals surface area (Å²) in [5.74, 6) is -0.500. The van der Waals surface area contributed by atoms with Gasteiger partial charge in [-0.3, -0.25) is 0 Å². The zero-order chi connectivity index (χ0) is 15.6. The van der Waals surface area contributed by atoms with Crippen LogP contribution >= 0.6 is 11.3 Å². The van der Waals surface area contributed by atoms with Crippen LogP contribution in [-0.4, -0.2) is 13.4 Å². The van der Waals surface area contributed by atoms with E-state index in [1.165, 1.54) is 12.1 Å². The summed E-state index contributed by atoms with van der Waals surface area (Å²) in [6, 6.07) is 13.9. The van der Waals surface area contributed by atoms with Crippen molar-refractivity contribution in [2.24, 2.45) is 0 Å². The number of nitrogens with zero attached hydrogens (tertiary/aromatic N) is 2. The van der Waals surface area contributed by atoms with Crippen LogP contribution in [0.5, 0.6) is 0 Å². The molecule has 2 aromatic carbocycles. The van der Waals surface area contributed by atoms with Crippen molar-refractivity contribution in [2.45, 2.75) is 4.90 Å². The summed E-state index contributed by atoms with van der Waals surface area (Å²) in [5.41, 5.74) is 1.55. The van der Waals surface area contributed by atoms with E-state index in [-0.39, 0.29) is 10.0 Å². The fraction of sp³-hybridized carbons (Fsp3) is 0. The first-order chi connectivity index (χ1) is 10.5. The molecule has 1 aromatic heterocycles. The van der Waals surface area contributed by atoms with Crippen LogP contribution in [-0.2, 0) is 10.0 Å². The fourth-order valence-electron chi connectivity index (χ4n) is 1.81. The van der Waals surface area contributed by atoms with Gasteiger partial charge < -0.3 is 9.71 Å². The molecule has 0 unspecified atom stereocenters. The number of rotatable bonds is 4. The molecule has 3 aromatic rings. The summed E-state index contributed by atoms with van der Waals surface area (Å²) in [4.78, 5) is 4.14. The highest BCUT2D eigenvalue weighted by molar-refractivity contribution is 7.94. The Balaban J connectivity index is 1.84. The van der Waals surface area contributed by atoms with Crippen molar-refractivity contribution in [3.63, 3.8) is 0 Å². The van der Waals surface area contributed by atoms with E-state index in [1.807, 2.05) is 30.3 Å². The van der Waals surface area contributed by atoms with Crippen LogP contribution in [0.15, 0.2) is 64.9 Å². The van der Waals surface area contributed by atoms with Gasteiger partial charge in [0.25, 0.3) is 0 Å². The number of aromatic nitrogens is 1. The van der Waals surface area contributed by atoms with Gasteiger partial charge in [0.1, 0.15) is 5.82 Å². The van der Waals surface area contributed by atoms with Crippen molar-refractivity contribution in [1.29, 1.82) is 0 Å². The Bertz CT molecular complexity index is 875. The second kappa shape index (κ2) is 5.86. The molecule has 0 aliphatic heterocycles. The number of sulfonamides is 1. The smallest absolute Gasteiger partial charge is 0.202 e. The van der Waals surface area contributed by atoms with Gasteiger partial charge >= 0.3 is 0 Å². The topological polar surface area (TPSA) is 61.1 Å². The predicted molar refractivity (Wildman–Crippen MR) is 84.2 cm³/mol. The molecule has 0 radical (unpaired) electrons. The molecule has 112 valence electrons. The standard InChI is InChI=1S/C15H10FN2O2S2/c16-12-6-8-13(9-7-12)22(19,20)18-15-17-14(10-21-15)11-4-2-1-3-5-11/h1-10H/q-1. The average Bonchev–Trinajstić information content (AvgIpc) is 2.96. The number of benzene rings is 2. The molecule has 0 saturated carbocycles. The van der Waals surface area contributed by atoms with E-state index in [0.29, 0.717) is 5.69 Å². The summed E-state index contributed by atoms with van der Waals surface area (Å²) >= 11 is 1.14. The normalized spacial score (nSPS) is 11.3. The van der Waals surface area contributed by atoms with Crippen LogP contribution in [0.3, 0.4) is 0 Å². The Morgan fingerprint density at radius 3 is 2.36 bits per heavy atom. The second-order valence-corrected chi connectivity index (χ2v) is 6.84. The summed E-state index contributed by atoms with van der Waals surface area (Å²) in [6.07, 6.45) is 0. The van der Waals surface area contributed by atoms with Gasteiger partial charge in [0.15, 0.2) is 0 Å². The van der Waals surface area contributed by atoms with Gasteiger partial charge in [-0.15, -0.1) is 0 Å². The van der Waals surface area contributed by atoms with Crippen LogP contribution in [0.2, 0.25) is 0 Å². The van der Waals surface area contributed by atoms with E-state index in [9.17, 15) is 12.8 Å². The lowest BCUT2D eigenvalue weighted by molar-refractivity contribution is 0.601. The minimum atomic E-state index is -3.89. The first-order valence-electron chi connectivity index (χ1n) is 6.29. The summed E-state index contributed by atoms with van der Waals surface area (Å²) < 4.78 is 40.8. The molecule has 1 heterocycles. The molecule has 0 bridgehead atoms. The highest BCUT2D eigenvalue weighted by atomic mass is 32.2. The lowest BCUT2D eigenvalue weighted by Crippen LogP contribution is -1.97. The van der Waals surface area contributed by atoms with Crippen molar-refractivity contribution in [3.8, 4) is 11.3 Å². The number of thiazole rings is 1. The summed E-state index contributed by atoms with van der Waals surface area (Å²) in [7, 11) is -3.89. The monoisotopic (exact) mass is 333 g/mol. The van der Waals surface area contributed by atoms with Crippen molar-refractivity contribution in [3.05, 3.63) is 70.5 Å². The van der Waals surface area contributed by atoms with Crippen LogP contribution in [0.1, 0.15) is 0 Å². The highest BCUT2D eigenvalue weighted by Crippen LogP contribution is 2.33. The third-order valence-electron chi connectivity index (χ3n) is 2.87. The molecule has 22 heavy (non-hydrogen) atoms. The molecule has 0 aliphatic carbocycles. The molecule has 0 spiro atoms. The molecule has 7 heteroatoms. The Hall–Kier alpha value is -2.25. The van der Waals surface area contributed by atoms with Crippen LogP contribution < -0.4 is 0 Å². The Labute approximate surface area is 131 Å². The minimum Gasteiger partial charge on any atom is -0.426 e. The number of halogens is 1. The summed E-state index contributed by atoms with van der Waals surface area (Å²) in [6.45, 7) is 0. The lowest BCUT2D eigenvalue weighted by atomic mass is 10.2. The van der Waals surface area contributed by atoms with Crippen molar-refractivity contribution in [2.75, 3.05) is 0 Å². The van der Waals surface area contributed by atoms with Gasteiger partial charge in [0, 0.05) is 5.13 Å². The minimum absolute atomic E-state index is 0.0645. The average molecular weight is 333 g/mol. The van der Waals surface area contributed by atoms with Crippen LogP contribution in [0.4, 0.5) is 9.52 Å². The van der Waals surface area contributed by atoms with Crippen LogP contribution in [0.25, 0.3) is 16.0 Å². The first-order valence-corrected chi connectivity index (χ1v) is 8.61. The Morgan fingerprint density at radius 1 is 1.00 bits per heavy atom. The molecule has 0 amide bonds. The molecule has 0 atom stereocenters. The number of hydrogen-bond donors (Lipinski definition) is 0. The van der Waals surface area contributed by atoms with E-state index >= 15 is 0 Å². The maximum Gasteiger partial charge on any atom is 0.202 e. The molecule has 3 rings (SSSR count). The molecule has 0 fully saturated rings. The SMILES string of the molecule is O=S(=O)([N-]c1nc(-c2ccccc2)cs1)c1ccc(F)cc1. The molecular weight excluding hydrogens is 323 g/mol. The Kier molecular flexibility index (Phi) is 3.91. The maximum absolute atomic E-state index is 12.9. The van der Waals surface area contributed by atoms with Crippen molar-refractivity contribution in [1.82, 2.24) is 4.98 Å². The summed E-state index contributed by atoms with van der Waals surface area (Å²) in [5, 5.41) is 1.89. The third kappa shape index (κ3) is 3.15. The molecule has 0 saturated heterocycles. The third-order valence-corrected chi connectivity index (χ3v) is 5.00. The number of hydrogen-bond acceptors (Lipinski definition) is 4. The maximum atomic E-state index is 12.9. The Morgan fingerprint density at radius 2 is 1.68 bits per heavy atom. The van der Waals surface area contributed by atoms with Gasteiger partial charge in [0.2, 0.25) is 10.0 Å². The van der Waals surface area contributed by atoms with Gasteiger partial charge in [-0.05, 0) is 40.9 Å². The van der Waals surface area contributed by atoms with E-state index < -0.39 is 15.8 Å². The molecular formula is C15H10FN2O2S2-. The van der Waals surface area contributed by atoms with E-state index in [0.717, 1.165) is 29.0 Å². The lowest BCUT2D eigenvalue weighted by Gasteiger charge is -2.12. The molecule has 0 aliphatic rings. The van der Waals surface area contributed by atoms with Gasteiger partial charge in [-0.2, -0.15) is 11.3 Å². The van der Waals surface area contributed by atoms with Gasteiger partial charge in [-0.1, -0.05) is 30.3 Å². The van der Waals surface area contributed by atoms with E-state index in [1.54, 1.807) is 5.38 Å². The van der Waals surface area contributed by atoms with Crippen molar-refractivity contribution >= 4 is 26.5 Å². The fourth-order valence-corrected chi connectivity index (χ4v) is 3.67. The molecule has 0 N–H and O–H groups in total. The van der Waals surface area contributed by atoms with Gasteiger partial charge in [-0.25, -0.2) is 12.8 Å². The van der Waals surface area contributed by atoms with E-state index in [2.05, 4.69) is 9.71 Å². The second-order valence-electron chi connectivity index (χ2n) is 4.40. The zero-order valence-corrected chi connectivity index (χ0v) is 12.8. The molecule has 4 nitrogen and oxygen atoms in total. The van der Waals surface area contributed by atoms with Crippen molar-refractivity contribution < 1.29 is 12.8 Å². The quantitative estimate of drug-likeness (QED) is 0.713. The van der Waals surface area contributed by atoms with E-state index in [4.69, 9.17) is 0 Å².